The fourth-order valence-electron chi connectivity index (χ4n) is 2.17. The molecule has 1 aliphatic rings. The van der Waals surface area contributed by atoms with Crippen molar-refractivity contribution in [1.29, 1.82) is 0 Å². The van der Waals surface area contributed by atoms with E-state index in [0.717, 1.165) is 11.1 Å². The first kappa shape index (κ1) is 13.9. The van der Waals surface area contributed by atoms with Gasteiger partial charge in [0, 0.05) is 16.2 Å². The molecule has 0 unspecified atom stereocenters. The molecule has 0 radical (unpaired) electrons. The average molecular weight is 320 g/mol. The molecule has 4 nitrogen and oxygen atoms in total. The minimum absolute atomic E-state index is 0.203. The summed E-state index contributed by atoms with van der Waals surface area (Å²) in [6.07, 6.45) is 1.72. The quantitative estimate of drug-likeness (QED) is 0.661. The number of amides is 1. The molecule has 1 N–H and O–H groups in total. The van der Waals surface area contributed by atoms with Crippen LogP contribution in [0.25, 0.3) is 11.6 Å². The summed E-state index contributed by atoms with van der Waals surface area (Å²) in [5.74, 6) is -0.203. The van der Waals surface area contributed by atoms with E-state index in [2.05, 4.69) is 5.32 Å². The summed E-state index contributed by atoms with van der Waals surface area (Å²) in [5.41, 5.74) is 2.74. The molecule has 0 bridgehead atoms. The lowest BCUT2D eigenvalue weighted by molar-refractivity contribution is -0.110. The summed E-state index contributed by atoms with van der Waals surface area (Å²) < 4.78 is 21.7. The number of hydrogen-bond donors (Lipinski definition) is 2. The highest BCUT2D eigenvalue weighted by Gasteiger charge is 2.23. The molecule has 6 heteroatoms. The van der Waals surface area contributed by atoms with Crippen molar-refractivity contribution in [1.82, 2.24) is 0 Å². The van der Waals surface area contributed by atoms with Gasteiger partial charge in [0.1, 0.15) is 0 Å². The first-order valence-electron chi connectivity index (χ1n) is 6.12. The monoisotopic (exact) mass is 319 g/mol. The van der Waals surface area contributed by atoms with Crippen molar-refractivity contribution in [2.24, 2.45) is 0 Å². The normalized spacial score (nSPS) is 15.3. The molecule has 0 fully saturated rings. The van der Waals surface area contributed by atoms with Crippen molar-refractivity contribution < 1.29 is 13.2 Å². The predicted molar refractivity (Wildman–Crippen MR) is 83.0 cm³/mol. The minimum Gasteiger partial charge on any atom is -0.321 e. The Balaban J connectivity index is 2.02. The highest BCUT2D eigenvalue weighted by atomic mass is 35.5. The molecule has 0 aliphatic carbocycles. The Morgan fingerprint density at radius 3 is 2.43 bits per heavy atom. The smallest absolute Gasteiger partial charge is 0.256 e. The number of carbonyl (C=O) groups excluding carboxylic acids is 1. The van der Waals surface area contributed by atoms with Gasteiger partial charge < -0.3 is 5.32 Å². The summed E-state index contributed by atoms with van der Waals surface area (Å²) >= 11 is 5.90. The van der Waals surface area contributed by atoms with E-state index >= 15 is 0 Å². The molecule has 1 aliphatic heterocycles. The molecule has 2 aromatic carbocycles. The molecule has 0 aromatic heterocycles. The number of nitrogens with one attached hydrogen (secondary N) is 1. The Morgan fingerprint density at radius 2 is 1.76 bits per heavy atom. The number of anilines is 1. The van der Waals surface area contributed by atoms with Crippen molar-refractivity contribution in [3.63, 3.8) is 0 Å². The van der Waals surface area contributed by atoms with Crippen molar-refractivity contribution in [2.75, 3.05) is 5.32 Å². The Bertz CT molecular complexity index is 830. The van der Waals surface area contributed by atoms with Gasteiger partial charge in [-0.15, -0.1) is 0 Å². The van der Waals surface area contributed by atoms with Crippen LogP contribution in [0, 0.1) is 0 Å². The zero-order chi connectivity index (χ0) is 15.0. The first-order valence-corrected chi connectivity index (χ1v) is 7.67. The van der Waals surface area contributed by atoms with E-state index in [1.165, 1.54) is 12.1 Å². The minimum atomic E-state index is -2.59. The van der Waals surface area contributed by atoms with E-state index in [4.69, 9.17) is 11.6 Å². The van der Waals surface area contributed by atoms with E-state index in [9.17, 15) is 13.2 Å². The maximum Gasteiger partial charge on any atom is 0.256 e. The van der Waals surface area contributed by atoms with Gasteiger partial charge in [0.05, 0.1) is 10.6 Å². The third-order valence-electron chi connectivity index (χ3n) is 3.18. The van der Waals surface area contributed by atoms with E-state index in [0.29, 0.717) is 16.3 Å². The van der Waals surface area contributed by atoms with Crippen molar-refractivity contribution >= 4 is 45.5 Å². The molecule has 0 atom stereocenters. The largest absolute Gasteiger partial charge is 0.321 e. The van der Waals surface area contributed by atoms with Crippen LogP contribution in [0.4, 0.5) is 5.69 Å². The summed E-state index contributed by atoms with van der Waals surface area (Å²) in [5, 5.41) is 3.30. The number of rotatable bonds is 2. The third kappa shape index (κ3) is 2.70. The van der Waals surface area contributed by atoms with E-state index < -0.39 is 10.7 Å². The predicted octanol–water partition coefficient (Wildman–Crippen LogP) is 2.80. The summed E-state index contributed by atoms with van der Waals surface area (Å²) in [4.78, 5) is 12.2. The highest BCUT2D eigenvalue weighted by Crippen LogP contribution is 2.34. The number of carbonyl (C=O) groups is 1. The highest BCUT2D eigenvalue weighted by molar-refractivity contribution is 7.72. The van der Waals surface area contributed by atoms with Crippen LogP contribution in [0.3, 0.4) is 0 Å². The molecular weight excluding hydrogens is 310 g/mol. The van der Waals surface area contributed by atoms with Crippen molar-refractivity contribution in [3.05, 3.63) is 58.6 Å². The van der Waals surface area contributed by atoms with Crippen LogP contribution in [0.1, 0.15) is 11.1 Å². The van der Waals surface area contributed by atoms with Crippen LogP contribution in [-0.4, -0.2) is 14.3 Å². The van der Waals surface area contributed by atoms with Gasteiger partial charge in [-0.3, -0.25) is 4.79 Å². The Kier molecular flexibility index (Phi) is 3.53. The second kappa shape index (κ2) is 5.35. The van der Waals surface area contributed by atoms with E-state index in [1.807, 2.05) is 0 Å². The fourth-order valence-corrected chi connectivity index (χ4v) is 2.73. The molecule has 1 heterocycles. The van der Waals surface area contributed by atoms with Gasteiger partial charge in [0.15, 0.2) is 10.7 Å². The number of fused-ring (bicyclic) bond motifs is 1. The maximum absolute atomic E-state index is 12.0. The van der Waals surface area contributed by atoms with Crippen LogP contribution in [0.2, 0.25) is 5.02 Å². The molecular formula is C15H10ClNO3S. The van der Waals surface area contributed by atoms with Crippen LogP contribution in [0.15, 0.2) is 47.4 Å². The lowest BCUT2D eigenvalue weighted by atomic mass is 10.0. The van der Waals surface area contributed by atoms with Crippen LogP contribution >= 0.6 is 11.6 Å². The number of hydrogen-bond acceptors (Lipinski definition) is 3. The number of benzene rings is 2. The van der Waals surface area contributed by atoms with Gasteiger partial charge >= 0.3 is 0 Å². The molecule has 0 saturated heterocycles. The summed E-state index contributed by atoms with van der Waals surface area (Å²) in [7, 11) is -2.59. The van der Waals surface area contributed by atoms with Crippen molar-refractivity contribution in [2.45, 2.75) is 4.90 Å². The van der Waals surface area contributed by atoms with E-state index in [-0.39, 0.29) is 10.8 Å². The topological polar surface area (TPSA) is 63.2 Å². The molecule has 0 spiro atoms. The Hall–Kier alpha value is -2.11. The Labute approximate surface area is 128 Å². The van der Waals surface area contributed by atoms with E-state index in [1.54, 1.807) is 36.4 Å². The van der Waals surface area contributed by atoms with Crippen LogP contribution in [-0.2, 0) is 15.5 Å². The SMILES string of the molecule is O=C1Nc2cc(Cl)ccc2C1=Cc1ccc([SH](=O)=O)cc1. The molecule has 3 rings (SSSR count). The molecule has 0 saturated carbocycles. The molecule has 106 valence electrons. The Morgan fingerprint density at radius 1 is 1.05 bits per heavy atom. The lowest BCUT2D eigenvalue weighted by Crippen LogP contribution is -2.03. The van der Waals surface area contributed by atoms with Gasteiger partial charge in [-0.1, -0.05) is 29.8 Å². The van der Waals surface area contributed by atoms with Crippen LogP contribution in [0.5, 0.6) is 0 Å². The summed E-state index contributed by atoms with van der Waals surface area (Å²) in [6, 6.07) is 11.5. The molecule has 1 amide bonds. The average Bonchev–Trinajstić information content (AvgIpc) is 2.75. The first-order chi connectivity index (χ1) is 10.0. The van der Waals surface area contributed by atoms with Crippen molar-refractivity contribution in [3.8, 4) is 0 Å². The second-order valence-corrected chi connectivity index (χ2v) is 6.02. The van der Waals surface area contributed by atoms with Gasteiger partial charge in [-0.05, 0) is 35.9 Å². The molecule has 21 heavy (non-hydrogen) atoms. The number of thiol groups is 1. The lowest BCUT2D eigenvalue weighted by Gasteiger charge is -1.99. The van der Waals surface area contributed by atoms with Gasteiger partial charge in [-0.2, -0.15) is 0 Å². The zero-order valence-electron chi connectivity index (χ0n) is 10.7. The third-order valence-corrected chi connectivity index (χ3v) is 4.13. The standard InChI is InChI=1S/C15H10ClNO3S/c16-10-3-6-12-13(15(18)17-14(12)8-10)7-9-1-4-11(5-2-9)21(19)20/h1-8,21H,(H,17,18). The van der Waals surface area contributed by atoms with Crippen LogP contribution < -0.4 is 5.32 Å². The second-order valence-electron chi connectivity index (χ2n) is 4.55. The van der Waals surface area contributed by atoms with Gasteiger partial charge in [0.2, 0.25) is 0 Å². The van der Waals surface area contributed by atoms with Gasteiger partial charge in [0.25, 0.3) is 5.91 Å². The molecule has 2 aromatic rings. The number of halogens is 1. The fraction of sp³-hybridized carbons (Fsp3) is 0. The maximum atomic E-state index is 12.0. The summed E-state index contributed by atoms with van der Waals surface area (Å²) in [6.45, 7) is 0. The zero-order valence-corrected chi connectivity index (χ0v) is 12.3. The van der Waals surface area contributed by atoms with Gasteiger partial charge in [-0.25, -0.2) is 8.42 Å².